The molecule has 0 saturated carbocycles. The van der Waals surface area contributed by atoms with Crippen LogP contribution in [-0.2, 0) is 12.8 Å². The molecule has 4 N–H and O–H groups in total. The molecule has 4 aromatic heterocycles. The summed E-state index contributed by atoms with van der Waals surface area (Å²) in [5.74, 6) is -2.63. The van der Waals surface area contributed by atoms with Gasteiger partial charge in [0.15, 0.2) is 15.9 Å². The molecule has 2 aliphatic rings. The summed E-state index contributed by atoms with van der Waals surface area (Å²) in [6.45, 7) is 9.54. The lowest BCUT2D eigenvalue weighted by Gasteiger charge is -2.13. The molecule has 0 spiro atoms. The van der Waals surface area contributed by atoms with Crippen LogP contribution < -0.4 is 11.5 Å². The van der Waals surface area contributed by atoms with Gasteiger partial charge in [-0.2, -0.15) is 12.6 Å². The first kappa shape index (κ1) is 49.4. The van der Waals surface area contributed by atoms with E-state index < -0.39 is 59.0 Å². The number of hydrogen-bond acceptors (Lipinski definition) is 21. The maximum Gasteiger partial charge on any atom is 0.446 e. The summed E-state index contributed by atoms with van der Waals surface area (Å²) >= 11 is 4.78. The Balaban J connectivity index is 0.000000190. The van der Waals surface area contributed by atoms with Crippen LogP contribution in [0.3, 0.4) is 0 Å². The molecule has 346 valence electrons. The lowest BCUT2D eigenvalue weighted by Crippen LogP contribution is -2.21. The minimum atomic E-state index is -0.941. The van der Waals surface area contributed by atoms with E-state index in [1.807, 2.05) is 0 Å². The molecule has 22 nitrogen and oxygen atoms in total. The summed E-state index contributed by atoms with van der Waals surface area (Å²) in [5.41, 5.74) is 2.99. The predicted octanol–water partition coefficient (Wildman–Crippen LogP) is 3.09. The standard InChI is InChI=1S/C16H15FN4O5S.C13H8FN5O5.C6H15N.C3H8O2S/c17-9-3-1-8-2-4-12(11(8)5-9)21-14(19-25-16(21)24)13-15(20-26-18-13)27-7-10(23)6-22;14-7-3-1-6-2-4-9(8(6)5-7)18-11(16-23-13(18)20)10-12(19(21)22)17-24-15-10;1-4-7(5-2)6-3;4-1-3(5)2-6/h1,3,5,10,12,22-23H,2,4,6-7H2;1,3,5,9H,2,4H2;4-6H2,1-3H3;3-6H,1-2H2. The largest absolute Gasteiger partial charge is 0.446 e. The fraction of sp³-hybridized carbons (Fsp3) is 0.474. The third-order valence-electron chi connectivity index (χ3n) is 10.1. The molecule has 26 heteroatoms. The molecule has 4 heterocycles. The van der Waals surface area contributed by atoms with Gasteiger partial charge in [0.25, 0.3) is 5.69 Å². The minimum absolute atomic E-state index is 0.115. The number of aryl methyl sites for hydroxylation is 2. The van der Waals surface area contributed by atoms with E-state index in [0.717, 1.165) is 27.5 Å². The lowest BCUT2D eigenvalue weighted by atomic mass is 10.1. The van der Waals surface area contributed by atoms with E-state index in [1.54, 1.807) is 12.1 Å². The summed E-state index contributed by atoms with van der Waals surface area (Å²) in [6.07, 6.45) is 0.808. The summed E-state index contributed by atoms with van der Waals surface area (Å²) in [5, 5.41) is 67.6. The minimum Gasteiger partial charge on any atom is -0.394 e. The van der Waals surface area contributed by atoms with E-state index in [0.29, 0.717) is 47.6 Å². The Hall–Kier alpha value is -5.64. The number of aliphatic hydroxyl groups is 4. The van der Waals surface area contributed by atoms with E-state index in [2.05, 4.69) is 78.4 Å². The van der Waals surface area contributed by atoms with E-state index in [9.17, 15) is 33.6 Å². The van der Waals surface area contributed by atoms with Crippen molar-refractivity contribution in [3.05, 3.63) is 102 Å². The molecular weight excluding hydrogens is 891 g/mol. The SMILES string of the molecule is CCN(CC)CC.O=c1onc(-c2nonc2SCC(O)CO)n1C1CCc2ccc(F)cc21.O=c1onc(-c2nonc2[N+](=O)[O-])n1C1CCc2ccc(F)cc21.OCC(O)CS. The van der Waals surface area contributed by atoms with Crippen molar-refractivity contribution in [2.75, 3.05) is 44.4 Å². The van der Waals surface area contributed by atoms with Crippen LogP contribution in [0, 0.1) is 21.7 Å². The second kappa shape index (κ2) is 23.3. The van der Waals surface area contributed by atoms with Gasteiger partial charge in [0, 0.05) is 11.5 Å². The van der Waals surface area contributed by atoms with Gasteiger partial charge in [0.1, 0.15) is 11.6 Å². The van der Waals surface area contributed by atoms with E-state index in [1.165, 1.54) is 48.5 Å². The summed E-state index contributed by atoms with van der Waals surface area (Å²) in [4.78, 5) is 37.0. The van der Waals surface area contributed by atoms with Crippen molar-refractivity contribution in [3.63, 3.8) is 0 Å². The molecule has 8 rings (SSSR count). The number of nitrogens with zero attached hydrogens (tertiary/aromatic N) is 10. The Labute approximate surface area is 371 Å². The third-order valence-corrected chi connectivity index (χ3v) is 11.6. The second-order valence-corrected chi connectivity index (χ2v) is 15.4. The number of nitro groups is 1. The summed E-state index contributed by atoms with van der Waals surface area (Å²) in [6, 6.07) is 7.80. The van der Waals surface area contributed by atoms with Crippen molar-refractivity contribution < 1.29 is 52.4 Å². The van der Waals surface area contributed by atoms with E-state index in [4.69, 9.17) is 24.5 Å². The number of aliphatic hydroxyl groups excluding tert-OH is 4. The fourth-order valence-corrected chi connectivity index (χ4v) is 7.75. The van der Waals surface area contributed by atoms with Crippen molar-refractivity contribution >= 4 is 30.2 Å². The Bertz CT molecular complexity index is 2550. The highest BCUT2D eigenvalue weighted by molar-refractivity contribution is 7.99. The van der Waals surface area contributed by atoms with Gasteiger partial charge < -0.3 is 35.4 Å². The number of benzene rings is 2. The number of hydrogen-bond donors (Lipinski definition) is 5. The van der Waals surface area contributed by atoms with Gasteiger partial charge in [0.2, 0.25) is 11.6 Å². The van der Waals surface area contributed by atoms with Crippen LogP contribution in [0.1, 0.15) is 68.0 Å². The Morgan fingerprint density at radius 3 is 1.72 bits per heavy atom. The fourth-order valence-electron chi connectivity index (χ4n) is 6.83. The van der Waals surface area contributed by atoms with Crippen molar-refractivity contribution in [3.8, 4) is 23.0 Å². The zero-order valence-electron chi connectivity index (χ0n) is 34.7. The first-order valence-electron chi connectivity index (χ1n) is 19.9. The van der Waals surface area contributed by atoms with Crippen LogP contribution in [-0.4, -0.2) is 127 Å². The molecular formula is C38H46F2N10O12S2. The molecule has 0 amide bonds. The molecule has 0 radical (unpaired) electrons. The molecule has 4 atom stereocenters. The highest BCUT2D eigenvalue weighted by Gasteiger charge is 2.36. The van der Waals surface area contributed by atoms with Gasteiger partial charge in [-0.05, 0) is 112 Å². The first-order valence-corrected chi connectivity index (χ1v) is 21.5. The number of thioether (sulfide) groups is 1. The third kappa shape index (κ3) is 11.7. The summed E-state index contributed by atoms with van der Waals surface area (Å²) in [7, 11) is 0. The number of thiol groups is 1. The number of fused-ring (bicyclic) bond motifs is 2. The number of halogens is 2. The van der Waals surface area contributed by atoms with Gasteiger partial charge in [-0.3, -0.25) is 9.05 Å². The van der Waals surface area contributed by atoms with Crippen molar-refractivity contribution in [2.24, 2.45) is 0 Å². The highest BCUT2D eigenvalue weighted by atomic mass is 32.2. The van der Waals surface area contributed by atoms with Crippen LogP contribution in [0.25, 0.3) is 23.0 Å². The quantitative estimate of drug-likeness (QED) is 0.0454. The van der Waals surface area contributed by atoms with Crippen molar-refractivity contribution in [1.29, 1.82) is 0 Å². The average Bonchev–Trinajstić information content (AvgIpc) is 4.17. The van der Waals surface area contributed by atoms with E-state index >= 15 is 0 Å². The van der Waals surface area contributed by atoms with Crippen LogP contribution in [0.15, 0.2) is 69.3 Å². The molecule has 2 aromatic carbocycles. The molecule has 0 aliphatic heterocycles. The van der Waals surface area contributed by atoms with Gasteiger partial charge in [-0.1, -0.05) is 55.0 Å². The molecule has 0 saturated heterocycles. The predicted molar refractivity (Wildman–Crippen MR) is 225 cm³/mol. The Morgan fingerprint density at radius 2 is 1.28 bits per heavy atom. The van der Waals surface area contributed by atoms with Crippen LogP contribution >= 0.6 is 24.4 Å². The van der Waals surface area contributed by atoms with Crippen molar-refractivity contribution in [2.45, 2.75) is 75.8 Å². The average molecular weight is 937 g/mol. The lowest BCUT2D eigenvalue weighted by molar-refractivity contribution is -0.390. The van der Waals surface area contributed by atoms with Crippen LogP contribution in [0.4, 0.5) is 14.6 Å². The highest BCUT2D eigenvalue weighted by Crippen LogP contribution is 2.38. The monoisotopic (exact) mass is 936 g/mol. The van der Waals surface area contributed by atoms with Crippen molar-refractivity contribution in [1.82, 2.24) is 45.0 Å². The topological polar surface area (TPSA) is 301 Å². The van der Waals surface area contributed by atoms with Gasteiger partial charge in [-0.15, -0.1) is 4.63 Å². The zero-order valence-corrected chi connectivity index (χ0v) is 36.4. The number of rotatable bonds is 14. The molecule has 2 aliphatic carbocycles. The Morgan fingerprint density at radius 1 is 0.797 bits per heavy atom. The van der Waals surface area contributed by atoms with Crippen LogP contribution in [0.2, 0.25) is 0 Å². The second-order valence-electron chi connectivity index (χ2n) is 14.0. The molecule has 4 unspecified atom stereocenters. The first-order chi connectivity index (χ1) is 30.8. The molecule has 6 aromatic rings. The van der Waals surface area contributed by atoms with Gasteiger partial charge >= 0.3 is 17.3 Å². The summed E-state index contributed by atoms with van der Waals surface area (Å²) < 4.78 is 48.3. The van der Waals surface area contributed by atoms with Gasteiger partial charge in [0.05, 0.1) is 37.5 Å². The zero-order chi connectivity index (χ0) is 46.5. The maximum atomic E-state index is 13.7. The normalized spacial score (nSPS) is 15.9. The molecule has 0 fully saturated rings. The Kier molecular flexibility index (Phi) is 18.0. The smallest absolute Gasteiger partial charge is 0.394 e. The maximum absolute atomic E-state index is 13.7. The molecule has 0 bridgehead atoms. The van der Waals surface area contributed by atoms with E-state index in [-0.39, 0.29) is 41.2 Å². The van der Waals surface area contributed by atoms with Gasteiger partial charge in [-0.25, -0.2) is 32.1 Å². The molecule has 64 heavy (non-hydrogen) atoms. The van der Waals surface area contributed by atoms with Crippen LogP contribution in [0.5, 0.6) is 0 Å². The number of aromatic nitrogens is 8.